The molecule has 0 saturated carbocycles. The second-order valence-corrected chi connectivity index (χ2v) is 6.50. The maximum Gasteiger partial charge on any atom is 0.573 e. The first-order valence-corrected chi connectivity index (χ1v) is 8.93. The Morgan fingerprint density at radius 2 is 1.59 bits per heavy atom. The minimum atomic E-state index is -4.74. The van der Waals surface area contributed by atoms with Gasteiger partial charge in [0.25, 0.3) is 0 Å². The van der Waals surface area contributed by atoms with Crippen molar-refractivity contribution in [2.24, 2.45) is 0 Å². The molecule has 0 aliphatic heterocycles. The van der Waals surface area contributed by atoms with Crippen molar-refractivity contribution < 1.29 is 31.4 Å². The number of alkyl halides is 5. The summed E-state index contributed by atoms with van der Waals surface area (Å²) in [6, 6.07) is 11.1. The summed E-state index contributed by atoms with van der Waals surface area (Å²) in [5.74, 6) is 6.36. The quantitative estimate of drug-likeness (QED) is 0.338. The summed E-state index contributed by atoms with van der Waals surface area (Å²) in [5.41, 5.74) is 1.27. The van der Waals surface area contributed by atoms with Crippen LogP contribution >= 0.6 is 11.8 Å². The lowest BCUT2D eigenvalue weighted by molar-refractivity contribution is -0.274. The van der Waals surface area contributed by atoms with E-state index in [2.05, 4.69) is 19.7 Å². The molecule has 154 valence electrons. The number of ether oxygens (including phenoxy) is 2. The topological polar surface area (TPSA) is 75.2 Å². The molecule has 2 N–H and O–H groups in total. The Balaban J connectivity index is 1.64. The lowest BCUT2D eigenvalue weighted by Gasteiger charge is -2.09. The highest BCUT2D eigenvalue weighted by atomic mass is 32.2. The van der Waals surface area contributed by atoms with E-state index in [-0.39, 0.29) is 11.5 Å². The second kappa shape index (κ2) is 8.55. The Kier molecular flexibility index (Phi) is 6.11. The SMILES string of the molecule is Nn1c(SCc2ccc(OC(F)(F)F)cc2)nnc1-c1ccc(OC(F)F)cc1. The Bertz CT molecular complexity index is 946. The predicted octanol–water partition coefficient (Wildman–Crippen LogP) is 4.45. The van der Waals surface area contributed by atoms with Crippen LogP contribution in [0.25, 0.3) is 11.4 Å². The van der Waals surface area contributed by atoms with Crippen molar-refractivity contribution in [3.05, 3.63) is 54.1 Å². The largest absolute Gasteiger partial charge is 0.573 e. The predicted molar refractivity (Wildman–Crippen MR) is 94.9 cm³/mol. The third kappa shape index (κ3) is 5.73. The van der Waals surface area contributed by atoms with Crippen molar-refractivity contribution in [3.63, 3.8) is 0 Å². The van der Waals surface area contributed by atoms with Gasteiger partial charge in [-0.15, -0.1) is 23.4 Å². The van der Waals surface area contributed by atoms with Gasteiger partial charge >= 0.3 is 13.0 Å². The number of rotatable bonds is 7. The molecule has 1 aromatic heterocycles. The van der Waals surface area contributed by atoms with E-state index in [1.165, 1.54) is 65.0 Å². The summed E-state index contributed by atoms with van der Waals surface area (Å²) in [6.45, 7) is -2.92. The van der Waals surface area contributed by atoms with Crippen LogP contribution in [0.5, 0.6) is 11.5 Å². The van der Waals surface area contributed by atoms with Crippen LogP contribution in [0.3, 0.4) is 0 Å². The van der Waals surface area contributed by atoms with Crippen LogP contribution in [0.2, 0.25) is 0 Å². The number of nitrogens with zero attached hydrogens (tertiary/aromatic N) is 3. The van der Waals surface area contributed by atoms with Gasteiger partial charge < -0.3 is 15.3 Å². The number of thioether (sulfide) groups is 1. The number of nitrogen functional groups attached to an aromatic ring is 1. The first-order valence-electron chi connectivity index (χ1n) is 7.94. The highest BCUT2D eigenvalue weighted by Gasteiger charge is 2.30. The molecule has 0 unspecified atom stereocenters. The van der Waals surface area contributed by atoms with Gasteiger partial charge in [-0.2, -0.15) is 8.78 Å². The molecule has 0 fully saturated rings. The van der Waals surface area contributed by atoms with Crippen LogP contribution in [0, 0.1) is 0 Å². The van der Waals surface area contributed by atoms with E-state index in [0.717, 1.165) is 5.56 Å². The number of halogens is 5. The third-order valence-corrected chi connectivity index (χ3v) is 4.54. The van der Waals surface area contributed by atoms with Crippen LogP contribution in [0.4, 0.5) is 22.0 Å². The smallest absolute Gasteiger partial charge is 0.435 e. The Hall–Kier alpha value is -3.02. The fraction of sp³-hybridized carbons (Fsp3) is 0.176. The fourth-order valence-corrected chi connectivity index (χ4v) is 3.11. The van der Waals surface area contributed by atoms with Crippen LogP contribution in [-0.4, -0.2) is 27.8 Å². The highest BCUT2D eigenvalue weighted by molar-refractivity contribution is 7.98. The fourth-order valence-electron chi connectivity index (χ4n) is 2.29. The number of hydrogen-bond acceptors (Lipinski definition) is 6. The number of benzene rings is 2. The van der Waals surface area contributed by atoms with Crippen molar-refractivity contribution in [2.75, 3.05) is 5.84 Å². The molecular weight excluding hydrogens is 419 g/mol. The van der Waals surface area contributed by atoms with Crippen LogP contribution in [0.15, 0.2) is 53.7 Å². The maximum absolute atomic E-state index is 12.2. The lowest BCUT2D eigenvalue weighted by Crippen LogP contribution is -2.17. The number of nitrogens with two attached hydrogens (primary N) is 1. The summed E-state index contributed by atoms with van der Waals surface area (Å²) >= 11 is 1.22. The zero-order chi connectivity index (χ0) is 21.0. The molecule has 3 aromatic rings. The summed E-state index contributed by atoms with van der Waals surface area (Å²) < 4.78 is 70.3. The van der Waals surface area contributed by atoms with E-state index in [1.54, 1.807) is 0 Å². The van der Waals surface area contributed by atoms with Crippen LogP contribution in [0.1, 0.15) is 5.56 Å². The van der Waals surface area contributed by atoms with Crippen molar-refractivity contribution in [1.29, 1.82) is 0 Å². The average molecular weight is 432 g/mol. The van der Waals surface area contributed by atoms with E-state index in [4.69, 9.17) is 5.84 Å². The van der Waals surface area contributed by atoms with Crippen molar-refractivity contribution in [1.82, 2.24) is 14.9 Å². The molecule has 0 aliphatic rings. The van der Waals surface area contributed by atoms with Crippen molar-refractivity contribution in [3.8, 4) is 22.9 Å². The average Bonchev–Trinajstić information content (AvgIpc) is 3.01. The van der Waals surface area contributed by atoms with E-state index >= 15 is 0 Å². The molecule has 3 rings (SSSR count). The van der Waals surface area contributed by atoms with Gasteiger partial charge in [-0.1, -0.05) is 23.9 Å². The van der Waals surface area contributed by atoms with Gasteiger partial charge in [0.15, 0.2) is 5.82 Å². The van der Waals surface area contributed by atoms with E-state index < -0.39 is 13.0 Å². The number of aromatic nitrogens is 3. The Morgan fingerprint density at radius 1 is 0.966 bits per heavy atom. The Labute approximate surface area is 165 Å². The van der Waals surface area contributed by atoms with Gasteiger partial charge in [0.1, 0.15) is 11.5 Å². The molecule has 0 radical (unpaired) electrons. The first-order chi connectivity index (χ1) is 13.7. The van der Waals surface area contributed by atoms with Gasteiger partial charge in [-0.3, -0.25) is 0 Å². The normalized spacial score (nSPS) is 11.7. The monoisotopic (exact) mass is 432 g/mol. The molecule has 0 spiro atoms. The Morgan fingerprint density at radius 3 is 2.17 bits per heavy atom. The molecule has 0 saturated heterocycles. The molecule has 2 aromatic carbocycles. The minimum Gasteiger partial charge on any atom is -0.435 e. The van der Waals surface area contributed by atoms with Gasteiger partial charge in [-0.05, 0) is 42.0 Å². The van der Waals surface area contributed by atoms with E-state index in [9.17, 15) is 22.0 Å². The minimum absolute atomic E-state index is 0.000570. The first kappa shape index (κ1) is 20.7. The summed E-state index contributed by atoms with van der Waals surface area (Å²) in [4.78, 5) is 0. The molecular formula is C17H13F5N4O2S. The van der Waals surface area contributed by atoms with E-state index in [0.29, 0.717) is 22.3 Å². The van der Waals surface area contributed by atoms with Gasteiger partial charge in [-0.25, -0.2) is 4.68 Å². The summed E-state index contributed by atoms with van der Waals surface area (Å²) in [7, 11) is 0. The van der Waals surface area contributed by atoms with Crippen LogP contribution in [-0.2, 0) is 5.75 Å². The molecule has 29 heavy (non-hydrogen) atoms. The second-order valence-electron chi connectivity index (χ2n) is 5.56. The van der Waals surface area contributed by atoms with Gasteiger partial charge in [0.2, 0.25) is 5.16 Å². The molecule has 1 heterocycles. The van der Waals surface area contributed by atoms with Gasteiger partial charge in [0.05, 0.1) is 0 Å². The van der Waals surface area contributed by atoms with Crippen LogP contribution < -0.4 is 15.3 Å². The number of hydrogen-bond donors (Lipinski definition) is 1. The third-order valence-electron chi connectivity index (χ3n) is 3.53. The molecule has 0 bridgehead atoms. The molecule has 0 atom stereocenters. The van der Waals surface area contributed by atoms with E-state index in [1.807, 2.05) is 0 Å². The maximum atomic E-state index is 12.2. The summed E-state index contributed by atoms with van der Waals surface area (Å²) in [5, 5.41) is 8.31. The van der Waals surface area contributed by atoms with Gasteiger partial charge in [0, 0.05) is 11.3 Å². The molecule has 0 amide bonds. The molecule has 0 aliphatic carbocycles. The van der Waals surface area contributed by atoms with Crippen molar-refractivity contribution in [2.45, 2.75) is 23.9 Å². The molecule has 12 heteroatoms. The van der Waals surface area contributed by atoms with Crippen molar-refractivity contribution >= 4 is 11.8 Å². The standard InChI is InChI=1S/C17H13F5N4O2S/c18-15(19)27-12-7-3-11(4-8-12)14-24-25-16(26(14)23)29-9-10-1-5-13(6-2-10)28-17(20,21)22/h1-8,15H,9,23H2. The molecule has 6 nitrogen and oxygen atoms in total. The highest BCUT2D eigenvalue weighted by Crippen LogP contribution is 2.27. The zero-order valence-electron chi connectivity index (χ0n) is 14.4. The lowest BCUT2D eigenvalue weighted by atomic mass is 10.2. The zero-order valence-corrected chi connectivity index (χ0v) is 15.3. The summed E-state index contributed by atoms with van der Waals surface area (Å²) in [6.07, 6.45) is -4.74.